The van der Waals surface area contributed by atoms with E-state index in [-0.39, 0.29) is 0 Å². The van der Waals surface area contributed by atoms with Crippen LogP contribution in [0, 0.1) is 0 Å². The van der Waals surface area contributed by atoms with Crippen LogP contribution in [0.3, 0.4) is 0 Å². The summed E-state index contributed by atoms with van der Waals surface area (Å²) in [5.74, 6) is 0. The van der Waals surface area contributed by atoms with Gasteiger partial charge in [-0.2, -0.15) is 0 Å². The van der Waals surface area contributed by atoms with Gasteiger partial charge in [-0.05, 0) is 49.7 Å². The highest BCUT2D eigenvalue weighted by Crippen LogP contribution is 2.26. The van der Waals surface area contributed by atoms with Gasteiger partial charge >= 0.3 is 0 Å². The van der Waals surface area contributed by atoms with Crippen LogP contribution in [0.15, 0.2) is 36.4 Å². The number of aryl methyl sites for hydroxylation is 1. The summed E-state index contributed by atoms with van der Waals surface area (Å²) in [6.45, 7) is 2.20. The van der Waals surface area contributed by atoms with E-state index in [1.807, 2.05) is 30.5 Å². The second-order valence-corrected chi connectivity index (χ2v) is 5.97. The van der Waals surface area contributed by atoms with Gasteiger partial charge in [-0.15, -0.1) is 11.3 Å². The Balaban J connectivity index is 2.11. The maximum atomic E-state index is 5.91. The Hall–Kier alpha value is -0.830. The number of hydrogen-bond acceptors (Lipinski definition) is 2. The average molecular weight is 280 g/mol. The monoisotopic (exact) mass is 279 g/mol. The summed E-state index contributed by atoms with van der Waals surface area (Å²) >= 11 is 7.81. The van der Waals surface area contributed by atoms with E-state index in [0.717, 1.165) is 17.9 Å². The molecule has 0 bridgehead atoms. The van der Waals surface area contributed by atoms with Crippen LogP contribution < -0.4 is 5.32 Å². The average Bonchev–Trinajstić information content (AvgIpc) is 2.87. The Morgan fingerprint density at radius 1 is 1.17 bits per heavy atom. The summed E-state index contributed by atoms with van der Waals surface area (Å²) in [4.78, 5) is 2.85. The van der Waals surface area contributed by atoms with Gasteiger partial charge in [-0.25, -0.2) is 0 Å². The van der Waals surface area contributed by atoms with Gasteiger partial charge in [0, 0.05) is 20.8 Å². The summed E-state index contributed by atoms with van der Waals surface area (Å²) in [6.07, 6.45) is 2.11. The molecule has 1 N–H and O–H groups in total. The molecule has 18 heavy (non-hydrogen) atoms. The van der Waals surface area contributed by atoms with Crippen LogP contribution in [-0.4, -0.2) is 7.05 Å². The first-order valence-electron chi connectivity index (χ1n) is 6.23. The molecule has 1 aromatic heterocycles. The number of thiophene rings is 1. The van der Waals surface area contributed by atoms with Gasteiger partial charge in [0.15, 0.2) is 0 Å². The zero-order valence-corrected chi connectivity index (χ0v) is 12.3. The first-order valence-corrected chi connectivity index (χ1v) is 7.42. The first-order chi connectivity index (χ1) is 8.72. The number of nitrogens with one attached hydrogen (secondary N) is 1. The molecule has 0 saturated heterocycles. The smallest absolute Gasteiger partial charge is 0.0453 e. The predicted octanol–water partition coefficient (Wildman–Crippen LogP) is 4.47. The Kier molecular flexibility index (Phi) is 4.81. The zero-order valence-electron chi connectivity index (χ0n) is 10.7. The van der Waals surface area contributed by atoms with Gasteiger partial charge < -0.3 is 5.32 Å². The number of likely N-dealkylation sites (N-methyl/N-ethyl adjacent to an activating group) is 1. The lowest BCUT2D eigenvalue weighted by Crippen LogP contribution is -2.17. The molecular weight excluding hydrogens is 262 g/mol. The van der Waals surface area contributed by atoms with E-state index in [1.54, 1.807) is 0 Å². The van der Waals surface area contributed by atoms with E-state index in [4.69, 9.17) is 11.6 Å². The van der Waals surface area contributed by atoms with Crippen LogP contribution in [0.1, 0.15) is 28.3 Å². The van der Waals surface area contributed by atoms with Crippen molar-refractivity contribution in [2.75, 3.05) is 7.05 Å². The molecular formula is C15H18ClNS. The minimum atomic E-state index is 0.386. The van der Waals surface area contributed by atoms with Crippen molar-refractivity contribution in [2.24, 2.45) is 0 Å². The second-order valence-electron chi connectivity index (χ2n) is 4.33. The molecule has 0 fully saturated rings. The fourth-order valence-electron chi connectivity index (χ4n) is 1.97. The molecule has 1 nitrogen and oxygen atoms in total. The number of halogens is 1. The lowest BCUT2D eigenvalue weighted by molar-refractivity contribution is 0.602. The van der Waals surface area contributed by atoms with Crippen LogP contribution in [-0.2, 0) is 12.8 Å². The molecule has 0 aliphatic carbocycles. The van der Waals surface area contributed by atoms with E-state index >= 15 is 0 Å². The Bertz CT molecular complexity index is 489. The summed E-state index contributed by atoms with van der Waals surface area (Å²) in [5.41, 5.74) is 1.31. The largest absolute Gasteiger partial charge is 0.312 e. The van der Waals surface area contributed by atoms with Crippen molar-refractivity contribution < 1.29 is 0 Å². The molecule has 1 unspecified atom stereocenters. The quantitative estimate of drug-likeness (QED) is 0.852. The Labute approximate surface area is 118 Å². The van der Waals surface area contributed by atoms with E-state index in [1.165, 1.54) is 15.3 Å². The normalized spacial score (nSPS) is 12.6. The molecule has 96 valence electrons. The second kappa shape index (κ2) is 6.37. The third kappa shape index (κ3) is 3.35. The van der Waals surface area contributed by atoms with Crippen molar-refractivity contribution in [3.05, 3.63) is 56.7 Å². The lowest BCUT2D eigenvalue weighted by atomic mass is 10.0. The fourth-order valence-corrected chi connectivity index (χ4v) is 3.16. The summed E-state index contributed by atoms with van der Waals surface area (Å²) in [6, 6.07) is 13.0. The van der Waals surface area contributed by atoms with Crippen molar-refractivity contribution in [3.8, 4) is 0 Å². The van der Waals surface area contributed by atoms with Crippen molar-refractivity contribution in [3.63, 3.8) is 0 Å². The maximum absolute atomic E-state index is 5.91. The first kappa shape index (κ1) is 13.6. The van der Waals surface area contributed by atoms with Crippen LogP contribution in [0.4, 0.5) is 0 Å². The molecule has 0 spiro atoms. The molecule has 1 aromatic carbocycles. The van der Waals surface area contributed by atoms with E-state index < -0.39 is 0 Å². The summed E-state index contributed by atoms with van der Waals surface area (Å²) in [7, 11) is 2.02. The van der Waals surface area contributed by atoms with Crippen LogP contribution in [0.5, 0.6) is 0 Å². The fraction of sp³-hybridized carbons (Fsp3) is 0.333. The third-order valence-electron chi connectivity index (χ3n) is 3.08. The van der Waals surface area contributed by atoms with Gasteiger partial charge in [-0.3, -0.25) is 0 Å². The van der Waals surface area contributed by atoms with Crippen LogP contribution in [0.2, 0.25) is 5.02 Å². The molecule has 2 aromatic rings. The van der Waals surface area contributed by atoms with E-state index in [0.29, 0.717) is 6.04 Å². The van der Waals surface area contributed by atoms with E-state index in [9.17, 15) is 0 Å². The number of hydrogen-bond donors (Lipinski definition) is 1. The summed E-state index contributed by atoms with van der Waals surface area (Å²) < 4.78 is 0. The van der Waals surface area contributed by atoms with Crippen molar-refractivity contribution in [2.45, 2.75) is 25.8 Å². The van der Waals surface area contributed by atoms with Gasteiger partial charge in [0.2, 0.25) is 0 Å². The highest BCUT2D eigenvalue weighted by Gasteiger charge is 2.12. The molecule has 0 saturated carbocycles. The Morgan fingerprint density at radius 3 is 2.44 bits per heavy atom. The van der Waals surface area contributed by atoms with Gasteiger partial charge in [0.05, 0.1) is 0 Å². The highest BCUT2D eigenvalue weighted by atomic mass is 35.5. The van der Waals surface area contributed by atoms with Crippen LogP contribution >= 0.6 is 22.9 Å². The highest BCUT2D eigenvalue weighted by molar-refractivity contribution is 7.12. The summed E-state index contributed by atoms with van der Waals surface area (Å²) in [5, 5.41) is 4.19. The van der Waals surface area contributed by atoms with Crippen molar-refractivity contribution in [1.82, 2.24) is 5.32 Å². The van der Waals surface area contributed by atoms with Gasteiger partial charge in [0.1, 0.15) is 0 Å². The zero-order chi connectivity index (χ0) is 13.0. The molecule has 1 atom stereocenters. The molecule has 1 heterocycles. The van der Waals surface area contributed by atoms with Gasteiger partial charge in [0.25, 0.3) is 0 Å². The maximum Gasteiger partial charge on any atom is 0.0453 e. The SMILES string of the molecule is CCc1ccc(C(Cc2ccc(Cl)cc2)NC)s1. The minimum Gasteiger partial charge on any atom is -0.312 e. The third-order valence-corrected chi connectivity index (χ3v) is 4.67. The van der Waals surface area contributed by atoms with E-state index in [2.05, 4.69) is 36.5 Å². The molecule has 0 aliphatic heterocycles. The molecule has 0 amide bonds. The van der Waals surface area contributed by atoms with Gasteiger partial charge in [-0.1, -0.05) is 30.7 Å². The predicted molar refractivity (Wildman–Crippen MR) is 80.7 cm³/mol. The van der Waals surface area contributed by atoms with Crippen molar-refractivity contribution in [1.29, 1.82) is 0 Å². The molecule has 3 heteroatoms. The van der Waals surface area contributed by atoms with Crippen molar-refractivity contribution >= 4 is 22.9 Å². The number of benzene rings is 1. The molecule has 0 radical (unpaired) electrons. The molecule has 2 rings (SSSR count). The Morgan fingerprint density at radius 2 is 1.89 bits per heavy atom. The number of rotatable bonds is 5. The minimum absolute atomic E-state index is 0.386. The lowest BCUT2D eigenvalue weighted by Gasteiger charge is -2.14. The topological polar surface area (TPSA) is 12.0 Å². The van der Waals surface area contributed by atoms with Crippen LogP contribution in [0.25, 0.3) is 0 Å². The molecule has 0 aliphatic rings. The standard InChI is InChI=1S/C15H18ClNS/c1-3-13-8-9-15(18-13)14(17-2)10-11-4-6-12(16)7-5-11/h4-9,14,17H,3,10H2,1-2H3.